The number of nitrogens with zero attached hydrogens (tertiary/aromatic N) is 2. The molecule has 0 aliphatic carbocycles. The summed E-state index contributed by atoms with van der Waals surface area (Å²) in [7, 11) is 0. The summed E-state index contributed by atoms with van der Waals surface area (Å²) in [5.41, 5.74) is 4.55. The fourth-order valence-corrected chi connectivity index (χ4v) is 3.86. The number of hydrogen-bond donors (Lipinski definition) is 1. The molecular weight excluding hydrogens is 414 g/mol. The monoisotopic (exact) mass is 439 g/mol. The van der Waals surface area contributed by atoms with Gasteiger partial charge in [0.05, 0.1) is 25.5 Å². The lowest BCUT2D eigenvalue weighted by Gasteiger charge is -2.10. The Balaban J connectivity index is 1.36. The van der Waals surface area contributed by atoms with Crippen molar-refractivity contribution in [3.8, 4) is 22.8 Å². The Morgan fingerprint density at radius 3 is 2.42 bits per heavy atom. The number of ether oxygens (including phenoxy) is 2. The number of rotatable bonds is 6. The van der Waals surface area contributed by atoms with Gasteiger partial charge >= 0.3 is 0 Å². The fourth-order valence-electron chi connectivity index (χ4n) is 3.86. The lowest BCUT2D eigenvalue weighted by atomic mass is 10.1. The molecule has 0 saturated carbocycles. The fraction of sp³-hybridized carbons (Fsp3) is 0.185. The molecule has 1 amide bonds. The molecule has 0 atom stereocenters. The van der Waals surface area contributed by atoms with Crippen molar-refractivity contribution in [2.75, 3.05) is 13.2 Å². The van der Waals surface area contributed by atoms with Crippen molar-refractivity contribution in [2.45, 2.75) is 19.5 Å². The number of benzene rings is 3. The quantitative estimate of drug-likeness (QED) is 0.473. The Kier molecular flexibility index (Phi) is 6.06. The van der Waals surface area contributed by atoms with Gasteiger partial charge in [-0.3, -0.25) is 9.48 Å². The molecule has 0 spiro atoms. The van der Waals surface area contributed by atoms with Crippen LogP contribution in [0, 0.1) is 0 Å². The van der Waals surface area contributed by atoms with Crippen LogP contribution in [0.3, 0.4) is 0 Å². The molecule has 0 radical (unpaired) electrons. The van der Waals surface area contributed by atoms with Gasteiger partial charge in [0.2, 0.25) is 0 Å². The Morgan fingerprint density at radius 2 is 1.64 bits per heavy atom. The van der Waals surface area contributed by atoms with Gasteiger partial charge in [-0.1, -0.05) is 60.7 Å². The van der Waals surface area contributed by atoms with Crippen LogP contribution in [0.5, 0.6) is 11.5 Å². The highest BCUT2D eigenvalue weighted by atomic mass is 16.5. The molecule has 1 aliphatic heterocycles. The normalized spacial score (nSPS) is 12.7. The summed E-state index contributed by atoms with van der Waals surface area (Å²) in [6.45, 7) is 2.23. The first-order valence-corrected chi connectivity index (χ1v) is 11.1. The molecule has 0 bridgehead atoms. The van der Waals surface area contributed by atoms with Crippen LogP contribution in [0.15, 0.2) is 85.1 Å². The van der Waals surface area contributed by atoms with Gasteiger partial charge in [-0.05, 0) is 23.8 Å². The van der Waals surface area contributed by atoms with Gasteiger partial charge in [0, 0.05) is 35.9 Å². The zero-order chi connectivity index (χ0) is 22.5. The summed E-state index contributed by atoms with van der Waals surface area (Å²) in [6.07, 6.45) is 2.83. The molecule has 0 fully saturated rings. The SMILES string of the molecule is O=C(NCc1cn(Cc2ccccc2)nc1-c1ccccc1)c1ccc2c(c1)OCCCO2. The van der Waals surface area contributed by atoms with E-state index in [1.807, 2.05) is 59.4 Å². The van der Waals surface area contributed by atoms with E-state index in [0.717, 1.165) is 23.2 Å². The maximum atomic E-state index is 12.9. The summed E-state index contributed by atoms with van der Waals surface area (Å²) >= 11 is 0. The molecule has 2 heterocycles. The highest BCUT2D eigenvalue weighted by Gasteiger charge is 2.16. The van der Waals surface area contributed by atoms with Gasteiger partial charge in [0.15, 0.2) is 11.5 Å². The second kappa shape index (κ2) is 9.61. The van der Waals surface area contributed by atoms with E-state index in [9.17, 15) is 4.79 Å². The van der Waals surface area contributed by atoms with Gasteiger partial charge < -0.3 is 14.8 Å². The Labute approximate surface area is 192 Å². The van der Waals surface area contributed by atoms with Crippen molar-refractivity contribution in [3.05, 3.63) is 102 Å². The minimum atomic E-state index is -0.166. The first kappa shape index (κ1) is 20.8. The van der Waals surface area contributed by atoms with Crippen molar-refractivity contribution in [1.29, 1.82) is 0 Å². The molecule has 0 saturated heterocycles. The lowest BCUT2D eigenvalue weighted by molar-refractivity contribution is 0.0950. The third kappa shape index (κ3) is 4.90. The minimum Gasteiger partial charge on any atom is -0.490 e. The van der Waals surface area contributed by atoms with Gasteiger partial charge in [0.25, 0.3) is 5.91 Å². The summed E-state index contributed by atoms with van der Waals surface area (Å²) in [6, 6.07) is 25.5. The van der Waals surface area contributed by atoms with Crippen LogP contribution in [-0.2, 0) is 13.1 Å². The molecule has 1 N–H and O–H groups in total. The third-order valence-electron chi connectivity index (χ3n) is 5.52. The third-order valence-corrected chi connectivity index (χ3v) is 5.52. The molecule has 3 aromatic carbocycles. The Bertz CT molecular complexity index is 1240. The Morgan fingerprint density at radius 1 is 0.909 bits per heavy atom. The predicted octanol–water partition coefficient (Wildman–Crippen LogP) is 4.69. The highest BCUT2D eigenvalue weighted by Crippen LogP contribution is 2.30. The van der Waals surface area contributed by atoms with Crippen LogP contribution in [0.25, 0.3) is 11.3 Å². The molecular formula is C27H25N3O3. The summed E-state index contributed by atoms with van der Waals surface area (Å²) in [5.74, 6) is 1.12. The second-order valence-corrected chi connectivity index (χ2v) is 7.95. The van der Waals surface area contributed by atoms with E-state index >= 15 is 0 Å². The number of carbonyl (C=O) groups excluding carboxylic acids is 1. The first-order chi connectivity index (χ1) is 16.3. The van der Waals surface area contributed by atoms with Crippen LogP contribution >= 0.6 is 0 Å². The minimum absolute atomic E-state index is 0.166. The molecule has 6 nitrogen and oxygen atoms in total. The van der Waals surface area contributed by atoms with Crippen molar-refractivity contribution in [2.24, 2.45) is 0 Å². The number of aromatic nitrogens is 2. The van der Waals surface area contributed by atoms with Crippen molar-refractivity contribution < 1.29 is 14.3 Å². The second-order valence-electron chi connectivity index (χ2n) is 7.95. The van der Waals surface area contributed by atoms with Gasteiger partial charge in [-0.2, -0.15) is 5.10 Å². The number of fused-ring (bicyclic) bond motifs is 1. The van der Waals surface area contributed by atoms with E-state index in [4.69, 9.17) is 14.6 Å². The van der Waals surface area contributed by atoms with Crippen LogP contribution in [0.2, 0.25) is 0 Å². The largest absolute Gasteiger partial charge is 0.490 e. The molecule has 166 valence electrons. The Hall–Kier alpha value is -4.06. The van der Waals surface area contributed by atoms with Crippen LogP contribution in [0.4, 0.5) is 0 Å². The van der Waals surface area contributed by atoms with Crippen molar-refractivity contribution in [1.82, 2.24) is 15.1 Å². The molecule has 1 aliphatic rings. The summed E-state index contributed by atoms with van der Waals surface area (Å²) in [4.78, 5) is 12.9. The van der Waals surface area contributed by atoms with Crippen molar-refractivity contribution >= 4 is 5.91 Å². The first-order valence-electron chi connectivity index (χ1n) is 11.1. The van der Waals surface area contributed by atoms with Crippen LogP contribution < -0.4 is 14.8 Å². The number of carbonyl (C=O) groups is 1. The molecule has 0 unspecified atom stereocenters. The number of amides is 1. The van der Waals surface area contributed by atoms with E-state index in [2.05, 4.69) is 17.4 Å². The van der Waals surface area contributed by atoms with Gasteiger partial charge in [-0.15, -0.1) is 0 Å². The summed E-state index contributed by atoms with van der Waals surface area (Å²) in [5, 5.41) is 7.86. The van der Waals surface area contributed by atoms with Crippen LogP contribution in [0.1, 0.15) is 27.9 Å². The smallest absolute Gasteiger partial charge is 0.251 e. The number of hydrogen-bond acceptors (Lipinski definition) is 4. The molecule has 4 aromatic rings. The molecule has 6 heteroatoms. The van der Waals surface area contributed by atoms with E-state index in [-0.39, 0.29) is 5.91 Å². The highest BCUT2D eigenvalue weighted by molar-refractivity contribution is 5.95. The number of nitrogens with one attached hydrogen (secondary N) is 1. The maximum absolute atomic E-state index is 12.9. The van der Waals surface area contributed by atoms with E-state index < -0.39 is 0 Å². The van der Waals surface area contributed by atoms with E-state index in [1.165, 1.54) is 5.56 Å². The maximum Gasteiger partial charge on any atom is 0.251 e. The average molecular weight is 440 g/mol. The standard InChI is InChI=1S/C27H25N3O3/c31-27(22-12-13-24-25(16-22)33-15-7-14-32-24)28-17-23-19-30(18-20-8-3-1-4-9-20)29-26(23)21-10-5-2-6-11-21/h1-6,8-13,16,19H,7,14-15,17-18H2,(H,28,31). The average Bonchev–Trinajstić information content (AvgIpc) is 3.10. The topological polar surface area (TPSA) is 65.4 Å². The summed E-state index contributed by atoms with van der Waals surface area (Å²) < 4.78 is 13.3. The van der Waals surface area contributed by atoms with Crippen molar-refractivity contribution in [3.63, 3.8) is 0 Å². The zero-order valence-electron chi connectivity index (χ0n) is 18.2. The molecule has 33 heavy (non-hydrogen) atoms. The van der Waals surface area contributed by atoms with Crippen LogP contribution in [-0.4, -0.2) is 28.9 Å². The zero-order valence-corrected chi connectivity index (χ0v) is 18.2. The van der Waals surface area contributed by atoms with E-state index in [1.54, 1.807) is 18.2 Å². The lowest BCUT2D eigenvalue weighted by Crippen LogP contribution is -2.23. The van der Waals surface area contributed by atoms with E-state index in [0.29, 0.717) is 43.4 Å². The molecule has 1 aromatic heterocycles. The van der Waals surface area contributed by atoms with Gasteiger partial charge in [-0.25, -0.2) is 0 Å². The van der Waals surface area contributed by atoms with Gasteiger partial charge in [0.1, 0.15) is 0 Å². The predicted molar refractivity (Wildman–Crippen MR) is 126 cm³/mol. The molecule has 5 rings (SSSR count).